The first-order valence-electron chi connectivity index (χ1n) is 10.8. The number of carbonyl (C=O) groups is 1. The molecule has 0 bridgehead atoms. The van der Waals surface area contributed by atoms with Crippen molar-refractivity contribution >= 4 is 5.91 Å². The van der Waals surface area contributed by atoms with E-state index in [1.165, 1.54) is 0 Å². The van der Waals surface area contributed by atoms with Crippen LogP contribution in [0.3, 0.4) is 0 Å². The van der Waals surface area contributed by atoms with Gasteiger partial charge in [0.05, 0.1) is 31.0 Å². The number of aromatic nitrogens is 2. The maximum atomic E-state index is 12.2. The lowest BCUT2D eigenvalue weighted by Gasteiger charge is -2.35. The summed E-state index contributed by atoms with van der Waals surface area (Å²) in [6, 6.07) is -0.288. The molecule has 15 heteroatoms. The lowest BCUT2D eigenvalue weighted by Crippen LogP contribution is -2.45. The summed E-state index contributed by atoms with van der Waals surface area (Å²) >= 11 is 0. The van der Waals surface area contributed by atoms with E-state index < -0.39 is 43.0 Å². The molecule has 1 aromatic rings. The maximum absolute atomic E-state index is 12.2. The summed E-state index contributed by atoms with van der Waals surface area (Å²) in [7, 11) is 0. The number of nitrogens with zero attached hydrogens (tertiary/aromatic N) is 2. The lowest BCUT2D eigenvalue weighted by atomic mass is 9.82. The Morgan fingerprint density at radius 3 is 2.12 bits per heavy atom. The molecule has 4 rings (SSSR count). The fraction of sp³-hybridized carbons (Fsp3) is 0.842. The largest absolute Gasteiger partial charge is 0.522 e. The van der Waals surface area contributed by atoms with Crippen molar-refractivity contribution in [2.24, 2.45) is 0 Å². The van der Waals surface area contributed by atoms with E-state index in [0.717, 1.165) is 0 Å². The minimum Gasteiger partial charge on any atom is -0.422 e. The van der Waals surface area contributed by atoms with Gasteiger partial charge in [-0.25, -0.2) is 0 Å². The van der Waals surface area contributed by atoms with E-state index in [9.17, 15) is 31.1 Å². The van der Waals surface area contributed by atoms with Crippen molar-refractivity contribution in [2.45, 2.75) is 87.6 Å². The number of hydrogen-bond acceptors (Lipinski definition) is 8. The number of ether oxygens (including phenoxy) is 4. The standard InChI is InChI=1S/C19H23F6N3O6/c20-18(21,22)33-12-3-9(4-12)16-27-28-17(32-16)14-2-1-10(7-31-14)26-15(29)8-30-11-5-13(6-11)34-19(23,24)25/h9-14H,1-8H2,(H,26,29)/t9?,10-,11?,12?,13?,14+/m0/s1. The van der Waals surface area contributed by atoms with Gasteiger partial charge in [0.1, 0.15) is 12.7 Å². The van der Waals surface area contributed by atoms with Gasteiger partial charge in [0.25, 0.3) is 0 Å². The van der Waals surface area contributed by atoms with Crippen LogP contribution in [0.25, 0.3) is 0 Å². The Kier molecular flexibility index (Phi) is 7.36. The minimum atomic E-state index is -4.68. The first-order chi connectivity index (χ1) is 15.9. The van der Waals surface area contributed by atoms with Gasteiger partial charge in [0.2, 0.25) is 17.7 Å². The second-order valence-corrected chi connectivity index (χ2v) is 8.59. The fourth-order valence-electron chi connectivity index (χ4n) is 4.06. The quantitative estimate of drug-likeness (QED) is 0.539. The first kappa shape index (κ1) is 25.1. The summed E-state index contributed by atoms with van der Waals surface area (Å²) in [5, 5.41) is 10.6. The van der Waals surface area contributed by atoms with Gasteiger partial charge in [-0.2, -0.15) is 0 Å². The third kappa shape index (κ3) is 7.02. The van der Waals surface area contributed by atoms with Crippen molar-refractivity contribution < 1.29 is 54.5 Å². The third-order valence-electron chi connectivity index (χ3n) is 5.92. The molecule has 3 fully saturated rings. The molecule has 34 heavy (non-hydrogen) atoms. The first-order valence-corrected chi connectivity index (χ1v) is 10.8. The van der Waals surface area contributed by atoms with Crippen LogP contribution in [0.2, 0.25) is 0 Å². The summed E-state index contributed by atoms with van der Waals surface area (Å²) in [6.45, 7) is -0.110. The number of amides is 1. The maximum Gasteiger partial charge on any atom is 0.522 e. The molecule has 2 atom stereocenters. The molecule has 0 aromatic carbocycles. The number of rotatable bonds is 8. The Labute approximate surface area is 189 Å². The van der Waals surface area contributed by atoms with E-state index >= 15 is 0 Å². The predicted octanol–water partition coefficient (Wildman–Crippen LogP) is 3.27. The van der Waals surface area contributed by atoms with Crippen LogP contribution in [-0.2, 0) is 23.7 Å². The van der Waals surface area contributed by atoms with E-state index in [2.05, 4.69) is 25.0 Å². The second kappa shape index (κ2) is 9.95. The van der Waals surface area contributed by atoms with Gasteiger partial charge >= 0.3 is 12.7 Å². The summed E-state index contributed by atoms with van der Waals surface area (Å²) in [5.41, 5.74) is 0. The van der Waals surface area contributed by atoms with Gasteiger partial charge in [-0.15, -0.1) is 36.5 Å². The van der Waals surface area contributed by atoms with Gasteiger partial charge in [-0.05, 0) is 25.7 Å². The van der Waals surface area contributed by atoms with Crippen LogP contribution in [0.5, 0.6) is 0 Å². The molecule has 3 aliphatic rings. The highest BCUT2D eigenvalue weighted by molar-refractivity contribution is 5.77. The zero-order valence-corrected chi connectivity index (χ0v) is 17.7. The molecule has 9 nitrogen and oxygen atoms in total. The smallest absolute Gasteiger partial charge is 0.422 e. The Morgan fingerprint density at radius 2 is 1.53 bits per heavy atom. The molecule has 2 saturated carbocycles. The Balaban J connectivity index is 1.11. The van der Waals surface area contributed by atoms with E-state index in [4.69, 9.17) is 13.9 Å². The molecular weight excluding hydrogens is 480 g/mol. The van der Waals surface area contributed by atoms with E-state index in [0.29, 0.717) is 12.8 Å². The van der Waals surface area contributed by atoms with E-state index in [1.54, 1.807) is 0 Å². The molecule has 1 aliphatic heterocycles. The number of carbonyl (C=O) groups excluding carboxylic acids is 1. The van der Waals surface area contributed by atoms with Crippen molar-refractivity contribution in [3.05, 3.63) is 11.8 Å². The van der Waals surface area contributed by atoms with Crippen LogP contribution in [0.4, 0.5) is 26.3 Å². The average molecular weight is 503 g/mol. The van der Waals surface area contributed by atoms with Crippen LogP contribution in [0.1, 0.15) is 62.3 Å². The molecule has 0 radical (unpaired) electrons. The van der Waals surface area contributed by atoms with Gasteiger partial charge < -0.3 is 19.2 Å². The molecule has 1 N–H and O–H groups in total. The summed E-state index contributed by atoms with van der Waals surface area (Å²) in [6.07, 6.45) is -10.7. The fourth-order valence-corrected chi connectivity index (χ4v) is 4.06. The number of alkyl halides is 6. The van der Waals surface area contributed by atoms with Crippen molar-refractivity contribution in [1.82, 2.24) is 15.5 Å². The Morgan fingerprint density at radius 1 is 0.912 bits per heavy atom. The Bertz CT molecular complexity index is 829. The van der Waals surface area contributed by atoms with Crippen LogP contribution in [0, 0.1) is 0 Å². The third-order valence-corrected chi connectivity index (χ3v) is 5.92. The van der Waals surface area contributed by atoms with Gasteiger partial charge in [-0.1, -0.05) is 0 Å². The zero-order valence-electron chi connectivity index (χ0n) is 17.7. The van der Waals surface area contributed by atoms with Gasteiger partial charge in [-0.3, -0.25) is 14.3 Å². The molecule has 2 aliphatic carbocycles. The van der Waals surface area contributed by atoms with Crippen molar-refractivity contribution in [1.29, 1.82) is 0 Å². The molecule has 1 saturated heterocycles. The minimum absolute atomic E-state index is 0.0735. The number of hydrogen-bond donors (Lipinski definition) is 1. The molecule has 0 unspecified atom stereocenters. The normalized spacial score (nSPS) is 32.1. The van der Waals surface area contributed by atoms with Crippen LogP contribution in [0.15, 0.2) is 4.42 Å². The molecule has 0 spiro atoms. The van der Waals surface area contributed by atoms with Gasteiger partial charge in [0, 0.05) is 18.8 Å². The van der Waals surface area contributed by atoms with Gasteiger partial charge in [0.15, 0.2) is 0 Å². The zero-order chi connectivity index (χ0) is 24.5. The number of nitrogens with one attached hydrogen (secondary N) is 1. The summed E-state index contributed by atoms with van der Waals surface area (Å²) < 4.78 is 97.3. The van der Waals surface area contributed by atoms with Crippen molar-refractivity contribution in [3.8, 4) is 0 Å². The summed E-state index contributed by atoms with van der Waals surface area (Å²) in [5.74, 6) is -0.237. The number of halogens is 6. The van der Waals surface area contributed by atoms with Crippen molar-refractivity contribution in [3.63, 3.8) is 0 Å². The molecule has 1 amide bonds. The second-order valence-electron chi connectivity index (χ2n) is 8.59. The van der Waals surface area contributed by atoms with Crippen LogP contribution in [-0.4, -0.2) is 66.4 Å². The highest BCUT2D eigenvalue weighted by Crippen LogP contribution is 2.41. The van der Waals surface area contributed by atoms with Crippen LogP contribution < -0.4 is 5.32 Å². The highest BCUT2D eigenvalue weighted by Gasteiger charge is 2.43. The monoisotopic (exact) mass is 503 g/mol. The van der Waals surface area contributed by atoms with E-state index in [1.807, 2.05) is 0 Å². The average Bonchev–Trinajstić information content (AvgIpc) is 3.14. The topological polar surface area (TPSA) is 105 Å². The molecular formula is C19H23F6N3O6. The van der Waals surface area contributed by atoms with Crippen molar-refractivity contribution in [2.75, 3.05) is 13.2 Å². The SMILES string of the molecule is O=C(COC1CC(OC(F)(F)F)C1)N[C@H]1CC[C@H](c2nnc(C3CC(OC(F)(F)F)C3)o2)OC1. The van der Waals surface area contributed by atoms with Crippen LogP contribution >= 0.6 is 0 Å². The molecule has 1 aromatic heterocycles. The Hall–Kier alpha value is -1.97. The lowest BCUT2D eigenvalue weighted by molar-refractivity contribution is -0.357. The predicted molar refractivity (Wildman–Crippen MR) is 97.0 cm³/mol. The summed E-state index contributed by atoms with van der Waals surface area (Å²) in [4.78, 5) is 12.0. The molecule has 192 valence electrons. The highest BCUT2D eigenvalue weighted by atomic mass is 19.4. The van der Waals surface area contributed by atoms with E-state index in [-0.39, 0.29) is 62.6 Å². The molecule has 2 heterocycles.